The van der Waals surface area contributed by atoms with Crippen LogP contribution in [-0.4, -0.2) is 96.7 Å². The Hall–Kier alpha value is -1.94. The molecule has 0 radical (unpaired) electrons. The number of ether oxygens (including phenoxy) is 4. The summed E-state index contributed by atoms with van der Waals surface area (Å²) in [5.74, 6) is -1.36. The Bertz CT molecular complexity index is 1940. The summed E-state index contributed by atoms with van der Waals surface area (Å²) in [6, 6.07) is 0. The zero-order valence-electron chi connectivity index (χ0n) is 66.8. The molecule has 19 heteroatoms. The highest BCUT2D eigenvalue weighted by Crippen LogP contribution is 2.45. The van der Waals surface area contributed by atoms with E-state index in [1.807, 2.05) is 0 Å². The summed E-state index contributed by atoms with van der Waals surface area (Å²) < 4.78 is 68.7. The van der Waals surface area contributed by atoms with Gasteiger partial charge in [-0.3, -0.25) is 37.3 Å². The maximum absolute atomic E-state index is 13.1. The van der Waals surface area contributed by atoms with Gasteiger partial charge in [-0.15, -0.1) is 0 Å². The van der Waals surface area contributed by atoms with Crippen LogP contribution in [0.1, 0.15) is 446 Å². The fourth-order valence-electron chi connectivity index (χ4n) is 12.9. The van der Waals surface area contributed by atoms with Crippen molar-refractivity contribution in [2.45, 2.75) is 464 Å². The van der Waals surface area contributed by atoms with Crippen molar-refractivity contribution in [3.05, 3.63) is 0 Å². The molecular weight excluding hydrogens is 1330 g/mol. The summed E-state index contributed by atoms with van der Waals surface area (Å²) in [5.41, 5.74) is 0. The van der Waals surface area contributed by atoms with Crippen molar-refractivity contribution in [2.75, 3.05) is 39.6 Å². The third kappa shape index (κ3) is 76.3. The predicted molar refractivity (Wildman–Crippen MR) is 418 cm³/mol. The van der Waals surface area contributed by atoms with Gasteiger partial charge in [-0.1, -0.05) is 394 Å². The number of phosphoric ester groups is 2. The zero-order valence-corrected chi connectivity index (χ0v) is 68.5. The van der Waals surface area contributed by atoms with E-state index in [2.05, 4.69) is 34.6 Å². The molecule has 0 aliphatic heterocycles. The summed E-state index contributed by atoms with van der Waals surface area (Å²) in [4.78, 5) is 73.0. The Morgan fingerprint density at radius 2 is 0.451 bits per heavy atom. The summed E-state index contributed by atoms with van der Waals surface area (Å²) in [7, 11) is -9.92. The molecule has 5 atom stereocenters. The summed E-state index contributed by atoms with van der Waals surface area (Å²) >= 11 is 0. The topological polar surface area (TPSA) is 237 Å². The highest BCUT2D eigenvalue weighted by Gasteiger charge is 2.30. The number of aliphatic hydroxyl groups is 1. The monoisotopic (exact) mass is 1490 g/mol. The van der Waals surface area contributed by atoms with Gasteiger partial charge in [0.2, 0.25) is 0 Å². The number of hydrogen-bond donors (Lipinski definition) is 3. The average Bonchev–Trinajstić information content (AvgIpc) is 0.917. The number of unbranched alkanes of at least 4 members (excludes halogenated alkanes) is 55. The molecule has 0 aromatic rings. The lowest BCUT2D eigenvalue weighted by molar-refractivity contribution is -0.161. The second kappa shape index (κ2) is 75.9. The highest BCUT2D eigenvalue weighted by molar-refractivity contribution is 7.47. The molecule has 17 nitrogen and oxygen atoms in total. The van der Waals surface area contributed by atoms with E-state index in [-0.39, 0.29) is 25.7 Å². The van der Waals surface area contributed by atoms with Crippen molar-refractivity contribution in [1.82, 2.24) is 0 Å². The van der Waals surface area contributed by atoms with Crippen LogP contribution in [0, 0.1) is 5.92 Å². The first-order valence-corrected chi connectivity index (χ1v) is 46.1. The molecular formula is C83H162O17P2. The molecule has 0 saturated carbocycles. The molecule has 0 fully saturated rings. The zero-order chi connectivity index (χ0) is 74.8. The van der Waals surface area contributed by atoms with E-state index in [1.165, 1.54) is 263 Å². The largest absolute Gasteiger partial charge is 0.472 e. The van der Waals surface area contributed by atoms with Gasteiger partial charge in [0.15, 0.2) is 12.2 Å². The van der Waals surface area contributed by atoms with Gasteiger partial charge in [0.25, 0.3) is 0 Å². The van der Waals surface area contributed by atoms with Crippen molar-refractivity contribution >= 4 is 39.5 Å². The van der Waals surface area contributed by atoms with E-state index >= 15 is 0 Å². The van der Waals surface area contributed by atoms with Gasteiger partial charge in [-0.2, -0.15) is 0 Å². The third-order valence-electron chi connectivity index (χ3n) is 19.5. The number of carbonyl (C=O) groups is 4. The van der Waals surface area contributed by atoms with Gasteiger partial charge in [0.1, 0.15) is 19.3 Å². The fraction of sp³-hybridized carbons (Fsp3) is 0.952. The maximum atomic E-state index is 13.1. The van der Waals surface area contributed by atoms with Crippen LogP contribution in [0.15, 0.2) is 0 Å². The maximum Gasteiger partial charge on any atom is 0.472 e. The van der Waals surface area contributed by atoms with Crippen LogP contribution >= 0.6 is 15.6 Å². The van der Waals surface area contributed by atoms with E-state index in [4.69, 9.17) is 37.0 Å². The molecule has 0 aromatic carbocycles. The van der Waals surface area contributed by atoms with Crippen molar-refractivity contribution in [1.29, 1.82) is 0 Å². The second-order valence-electron chi connectivity index (χ2n) is 30.3. The number of carbonyl (C=O) groups excluding carboxylic acids is 4. The normalized spacial score (nSPS) is 13.8. The van der Waals surface area contributed by atoms with Crippen LogP contribution in [0.5, 0.6) is 0 Å². The average molecular weight is 1490 g/mol. The minimum absolute atomic E-state index is 0.106. The van der Waals surface area contributed by atoms with Crippen LogP contribution in [0.25, 0.3) is 0 Å². The number of hydrogen-bond acceptors (Lipinski definition) is 15. The number of rotatable bonds is 83. The number of phosphoric acid groups is 2. The van der Waals surface area contributed by atoms with Crippen molar-refractivity contribution in [3.8, 4) is 0 Å². The Morgan fingerprint density at radius 1 is 0.265 bits per heavy atom. The van der Waals surface area contributed by atoms with E-state index in [1.54, 1.807) is 0 Å². The van der Waals surface area contributed by atoms with Gasteiger partial charge in [0.05, 0.1) is 26.4 Å². The molecule has 2 unspecified atom stereocenters. The van der Waals surface area contributed by atoms with E-state index in [9.17, 15) is 43.2 Å². The lowest BCUT2D eigenvalue weighted by Crippen LogP contribution is -2.30. The minimum Gasteiger partial charge on any atom is -0.462 e. The van der Waals surface area contributed by atoms with E-state index in [0.717, 1.165) is 102 Å². The third-order valence-corrected chi connectivity index (χ3v) is 21.4. The van der Waals surface area contributed by atoms with Crippen LogP contribution in [-0.2, 0) is 65.4 Å². The van der Waals surface area contributed by atoms with E-state index < -0.39 is 97.5 Å². The molecule has 0 bridgehead atoms. The second-order valence-corrected chi connectivity index (χ2v) is 33.3. The highest BCUT2D eigenvalue weighted by atomic mass is 31.2. The molecule has 0 spiro atoms. The number of esters is 4. The molecule has 0 heterocycles. The molecule has 606 valence electrons. The number of aliphatic hydroxyl groups excluding tert-OH is 1. The first-order chi connectivity index (χ1) is 49.5. The fourth-order valence-corrected chi connectivity index (χ4v) is 14.5. The SMILES string of the molecule is CCCCCCCCCCCCCCCCCCCCCCCCC(=O)O[C@H](COC(=O)CCCCCCCCCCCCCCCCCCCCC)COP(=O)(O)OC[C@@H](O)COP(=O)(O)OC[C@@H](COC(=O)CCCCCCCCCC)OC(=O)CCCCCCCCCCCCC(C)C. The Kier molecular flexibility index (Phi) is 74.4. The Morgan fingerprint density at radius 3 is 0.667 bits per heavy atom. The van der Waals surface area contributed by atoms with Crippen LogP contribution in [0.3, 0.4) is 0 Å². The van der Waals surface area contributed by atoms with Gasteiger partial charge in [-0.25, -0.2) is 9.13 Å². The van der Waals surface area contributed by atoms with Gasteiger partial charge in [-0.05, 0) is 31.6 Å². The van der Waals surface area contributed by atoms with Crippen molar-refractivity contribution in [2.24, 2.45) is 5.92 Å². The lowest BCUT2D eigenvalue weighted by Gasteiger charge is -2.21. The molecule has 0 aliphatic carbocycles. The minimum atomic E-state index is -4.96. The van der Waals surface area contributed by atoms with Crippen LogP contribution in [0.4, 0.5) is 0 Å². The van der Waals surface area contributed by atoms with Crippen molar-refractivity contribution < 1.29 is 80.2 Å². The Labute approximate surface area is 626 Å². The lowest BCUT2D eigenvalue weighted by atomic mass is 10.0. The quantitative estimate of drug-likeness (QED) is 0.0222. The van der Waals surface area contributed by atoms with Gasteiger partial charge >= 0.3 is 39.5 Å². The van der Waals surface area contributed by atoms with Crippen LogP contribution < -0.4 is 0 Å². The molecule has 3 N–H and O–H groups in total. The van der Waals surface area contributed by atoms with Gasteiger partial charge < -0.3 is 33.8 Å². The van der Waals surface area contributed by atoms with Crippen molar-refractivity contribution in [3.63, 3.8) is 0 Å². The smallest absolute Gasteiger partial charge is 0.462 e. The van der Waals surface area contributed by atoms with Gasteiger partial charge in [0, 0.05) is 25.7 Å². The summed E-state index contributed by atoms with van der Waals surface area (Å²) in [6.45, 7) is 7.30. The molecule has 0 saturated heterocycles. The van der Waals surface area contributed by atoms with E-state index in [0.29, 0.717) is 25.7 Å². The first kappa shape index (κ1) is 100. The molecule has 0 amide bonds. The predicted octanol–water partition coefficient (Wildman–Crippen LogP) is 25.2. The molecule has 0 rings (SSSR count). The summed E-state index contributed by atoms with van der Waals surface area (Å²) in [6.07, 6.45) is 68.3. The summed E-state index contributed by atoms with van der Waals surface area (Å²) in [5, 5.41) is 10.6. The standard InChI is InChI=1S/C83H162O17P2/c1-6-9-12-15-18-21-23-25-27-29-31-32-33-35-37-39-41-43-48-53-58-63-68-82(87)100-79(73-94-81(86)67-62-57-52-47-42-40-38-36-34-30-28-26-24-22-19-16-13-10-7-2)75-98-102(91,92)96-71-77(84)70-95-101(89,90)97-74-78(72-93-80(85)66-61-56-51-20-17-14-11-8-3)99-83(88)69-64-59-54-49-45-44-46-50-55-60-65-76(4)5/h76-79,84H,6-75H2,1-5H3,(H,89,90)(H,91,92)/t77-,78+,79+/m0/s1. The molecule has 102 heavy (non-hydrogen) atoms. The molecule has 0 aliphatic rings. The Balaban J connectivity index is 5.17. The van der Waals surface area contributed by atoms with Crippen LogP contribution in [0.2, 0.25) is 0 Å². The molecule has 0 aromatic heterocycles. The first-order valence-electron chi connectivity index (χ1n) is 43.1.